The fourth-order valence-corrected chi connectivity index (χ4v) is 1.59. The first-order valence-corrected chi connectivity index (χ1v) is 4.55. The van der Waals surface area contributed by atoms with E-state index < -0.39 is 11.7 Å². The molecule has 1 aromatic rings. The van der Waals surface area contributed by atoms with Crippen molar-refractivity contribution in [2.75, 3.05) is 6.61 Å². The van der Waals surface area contributed by atoms with Gasteiger partial charge in [0.2, 0.25) is 0 Å². The molecule has 2 nitrogen and oxygen atoms in total. The van der Waals surface area contributed by atoms with Gasteiger partial charge >= 0.3 is 6.18 Å². The molecule has 1 aromatic carbocycles. The highest BCUT2D eigenvalue weighted by Gasteiger charge is 2.31. The number of hydrogen-bond donors (Lipinski definition) is 1. The molecule has 1 aliphatic heterocycles. The van der Waals surface area contributed by atoms with Gasteiger partial charge in [0, 0.05) is 6.04 Å². The molecule has 0 saturated carbocycles. The lowest BCUT2D eigenvalue weighted by Gasteiger charge is -2.23. The van der Waals surface area contributed by atoms with Crippen molar-refractivity contribution in [2.45, 2.75) is 18.6 Å². The smallest absolute Gasteiger partial charge is 0.416 e. The predicted octanol–water partition coefficient (Wildman–Crippen LogP) is 2.39. The number of ether oxygens (including phenoxy) is 1. The van der Waals surface area contributed by atoms with E-state index in [0.29, 0.717) is 24.3 Å². The highest BCUT2D eigenvalue weighted by molar-refractivity contribution is 5.85. The van der Waals surface area contributed by atoms with Crippen LogP contribution in [0.5, 0.6) is 5.75 Å². The minimum absolute atomic E-state index is 0. The molecule has 1 aliphatic rings. The molecule has 0 aromatic heterocycles. The lowest BCUT2D eigenvalue weighted by molar-refractivity contribution is -0.137. The third-order valence-electron chi connectivity index (χ3n) is 2.32. The number of halogens is 4. The summed E-state index contributed by atoms with van der Waals surface area (Å²) in [6.45, 7) is 0.359. The van der Waals surface area contributed by atoms with E-state index in [1.807, 2.05) is 0 Å². The zero-order valence-corrected chi connectivity index (χ0v) is 9.07. The number of rotatable bonds is 0. The van der Waals surface area contributed by atoms with Gasteiger partial charge in [0.1, 0.15) is 12.4 Å². The first-order valence-electron chi connectivity index (χ1n) is 4.55. The molecule has 90 valence electrons. The van der Waals surface area contributed by atoms with E-state index in [4.69, 9.17) is 10.5 Å². The summed E-state index contributed by atoms with van der Waals surface area (Å²) in [4.78, 5) is 0. The average Bonchev–Trinajstić information content (AvgIpc) is 2.15. The summed E-state index contributed by atoms with van der Waals surface area (Å²) >= 11 is 0. The van der Waals surface area contributed by atoms with Crippen LogP contribution >= 0.6 is 12.4 Å². The summed E-state index contributed by atoms with van der Waals surface area (Å²) in [7, 11) is 0. The quantitative estimate of drug-likeness (QED) is 0.771. The number of fused-ring (bicyclic) bond motifs is 1. The second-order valence-electron chi connectivity index (χ2n) is 3.60. The Kier molecular flexibility index (Phi) is 3.70. The molecule has 0 spiro atoms. The normalized spacial score (nSPS) is 19.4. The molecule has 6 heteroatoms. The monoisotopic (exact) mass is 253 g/mol. The molecule has 0 saturated heterocycles. The maximum absolute atomic E-state index is 12.4. The van der Waals surface area contributed by atoms with Crippen molar-refractivity contribution in [2.24, 2.45) is 5.73 Å². The Morgan fingerprint density at radius 3 is 2.62 bits per heavy atom. The molecule has 0 bridgehead atoms. The summed E-state index contributed by atoms with van der Waals surface area (Å²) in [5, 5.41) is 0. The molecule has 0 radical (unpaired) electrons. The maximum atomic E-state index is 12.4. The van der Waals surface area contributed by atoms with Crippen LogP contribution in [0.15, 0.2) is 18.2 Å². The summed E-state index contributed by atoms with van der Waals surface area (Å²) in [5.41, 5.74) is 5.48. The number of nitrogens with two attached hydrogens (primary N) is 1. The molecule has 0 fully saturated rings. The van der Waals surface area contributed by atoms with Crippen LogP contribution in [0.25, 0.3) is 0 Å². The highest BCUT2D eigenvalue weighted by Crippen LogP contribution is 2.34. The van der Waals surface area contributed by atoms with E-state index in [1.165, 1.54) is 6.07 Å². The third kappa shape index (κ3) is 2.59. The van der Waals surface area contributed by atoms with E-state index in [1.54, 1.807) is 0 Å². The maximum Gasteiger partial charge on any atom is 0.416 e. The number of hydrogen-bond acceptors (Lipinski definition) is 2. The molecule has 0 unspecified atom stereocenters. The van der Waals surface area contributed by atoms with E-state index in [0.717, 1.165) is 12.1 Å². The van der Waals surface area contributed by atoms with Gasteiger partial charge < -0.3 is 10.5 Å². The van der Waals surface area contributed by atoms with Crippen LogP contribution in [-0.4, -0.2) is 12.6 Å². The molecule has 2 N–H and O–H groups in total. The fraction of sp³-hybridized carbons (Fsp3) is 0.400. The predicted molar refractivity (Wildman–Crippen MR) is 55.9 cm³/mol. The van der Waals surface area contributed by atoms with Crippen LogP contribution in [0, 0.1) is 0 Å². The van der Waals surface area contributed by atoms with Crippen molar-refractivity contribution >= 4 is 12.4 Å². The van der Waals surface area contributed by atoms with Gasteiger partial charge in [0.05, 0.1) is 5.56 Å². The Hall–Kier alpha value is -0.940. The van der Waals surface area contributed by atoms with Gasteiger partial charge in [0.15, 0.2) is 0 Å². The van der Waals surface area contributed by atoms with Crippen LogP contribution in [0.2, 0.25) is 0 Å². The third-order valence-corrected chi connectivity index (χ3v) is 2.32. The van der Waals surface area contributed by atoms with Gasteiger partial charge in [-0.15, -0.1) is 12.4 Å². The van der Waals surface area contributed by atoms with Crippen molar-refractivity contribution in [3.8, 4) is 5.75 Å². The van der Waals surface area contributed by atoms with Gasteiger partial charge in [-0.05, 0) is 30.2 Å². The zero-order valence-electron chi connectivity index (χ0n) is 8.25. The molecule has 16 heavy (non-hydrogen) atoms. The second-order valence-corrected chi connectivity index (χ2v) is 3.60. The average molecular weight is 254 g/mol. The van der Waals surface area contributed by atoms with Crippen LogP contribution in [0.1, 0.15) is 11.1 Å². The van der Waals surface area contributed by atoms with Gasteiger partial charge in [-0.1, -0.05) is 0 Å². The molecular formula is C10H11ClF3NO. The second kappa shape index (κ2) is 4.51. The molecule has 1 heterocycles. The van der Waals surface area contributed by atoms with Crippen molar-refractivity contribution in [3.05, 3.63) is 29.3 Å². The van der Waals surface area contributed by atoms with Crippen LogP contribution in [-0.2, 0) is 12.6 Å². The van der Waals surface area contributed by atoms with Gasteiger partial charge in [-0.3, -0.25) is 0 Å². The van der Waals surface area contributed by atoms with Gasteiger partial charge in [-0.25, -0.2) is 0 Å². The van der Waals surface area contributed by atoms with Gasteiger partial charge in [-0.2, -0.15) is 13.2 Å². The summed E-state index contributed by atoms with van der Waals surface area (Å²) < 4.78 is 42.4. The first-order chi connectivity index (χ1) is 6.97. The topological polar surface area (TPSA) is 35.2 Å². The van der Waals surface area contributed by atoms with E-state index >= 15 is 0 Å². The number of benzene rings is 1. The van der Waals surface area contributed by atoms with Crippen LogP contribution < -0.4 is 10.5 Å². The molecule has 0 aliphatic carbocycles. The first kappa shape index (κ1) is 13.1. The molecule has 2 rings (SSSR count). The van der Waals surface area contributed by atoms with Crippen LogP contribution in [0.3, 0.4) is 0 Å². The Morgan fingerprint density at radius 1 is 1.31 bits per heavy atom. The summed E-state index contributed by atoms with van der Waals surface area (Å²) in [6.07, 6.45) is -3.88. The molecular weight excluding hydrogens is 243 g/mol. The fourth-order valence-electron chi connectivity index (χ4n) is 1.59. The molecule has 1 atom stereocenters. The SMILES string of the molecule is Cl.N[C@H]1COc2ccc(C(F)(F)F)cc2C1. The van der Waals surface area contributed by atoms with Gasteiger partial charge in [0.25, 0.3) is 0 Å². The lowest BCUT2D eigenvalue weighted by Crippen LogP contribution is -2.33. The summed E-state index contributed by atoms with van der Waals surface area (Å²) in [6, 6.07) is 3.26. The lowest BCUT2D eigenvalue weighted by atomic mass is 10.0. The van der Waals surface area contributed by atoms with Crippen molar-refractivity contribution in [3.63, 3.8) is 0 Å². The summed E-state index contributed by atoms with van der Waals surface area (Å²) in [5.74, 6) is 0.504. The standard InChI is InChI=1S/C10H10F3NO.ClH/c11-10(12,13)7-1-2-9-6(3-7)4-8(14)5-15-9;/h1-3,8H,4-5,14H2;1H/t8-;/m1./s1. The van der Waals surface area contributed by atoms with E-state index in [2.05, 4.69) is 0 Å². The van der Waals surface area contributed by atoms with E-state index in [9.17, 15) is 13.2 Å². The molecule has 0 amide bonds. The van der Waals surface area contributed by atoms with E-state index in [-0.39, 0.29) is 18.4 Å². The zero-order chi connectivity index (χ0) is 11.1. The highest BCUT2D eigenvalue weighted by atomic mass is 35.5. The number of alkyl halides is 3. The van der Waals surface area contributed by atoms with Crippen molar-refractivity contribution in [1.29, 1.82) is 0 Å². The Balaban J connectivity index is 0.00000128. The van der Waals surface area contributed by atoms with Crippen molar-refractivity contribution < 1.29 is 17.9 Å². The minimum atomic E-state index is -4.31. The van der Waals surface area contributed by atoms with Crippen molar-refractivity contribution in [1.82, 2.24) is 0 Å². The Morgan fingerprint density at radius 2 is 2.00 bits per heavy atom. The Bertz CT molecular complexity index is 381. The largest absolute Gasteiger partial charge is 0.492 e. The minimum Gasteiger partial charge on any atom is -0.492 e. The Labute approximate surface area is 97.0 Å². The van der Waals surface area contributed by atoms with Crippen LogP contribution in [0.4, 0.5) is 13.2 Å².